The molecule has 0 spiro atoms. The molecule has 78 valence electrons. The van der Waals surface area contributed by atoms with Gasteiger partial charge in [0.2, 0.25) is 0 Å². The van der Waals surface area contributed by atoms with Crippen LogP contribution in [0.3, 0.4) is 0 Å². The van der Waals surface area contributed by atoms with Gasteiger partial charge in [-0.1, -0.05) is 23.2 Å². The van der Waals surface area contributed by atoms with Gasteiger partial charge >= 0.3 is 0 Å². The summed E-state index contributed by atoms with van der Waals surface area (Å²) in [5, 5.41) is 0. The molecule has 15 heavy (non-hydrogen) atoms. The van der Waals surface area contributed by atoms with Crippen LogP contribution in [0.4, 0.5) is 0 Å². The maximum atomic E-state index is 11.8. The van der Waals surface area contributed by atoms with Crippen LogP contribution in [0, 0.1) is 0 Å². The van der Waals surface area contributed by atoms with E-state index in [1.54, 1.807) is 17.8 Å². The minimum absolute atomic E-state index is 0.0209. The summed E-state index contributed by atoms with van der Waals surface area (Å²) < 4.78 is 0.988. The van der Waals surface area contributed by atoms with Crippen molar-refractivity contribution in [3.63, 3.8) is 0 Å². The second-order valence-corrected chi connectivity index (χ2v) is 6.06. The number of thiazole rings is 1. The fourth-order valence-electron chi connectivity index (χ4n) is 1.11. The first-order valence-corrected chi connectivity index (χ1v) is 6.47. The molecule has 0 saturated carbocycles. The number of nitrogens with zero attached hydrogens (tertiary/aromatic N) is 1. The number of hydrogen-bond donors (Lipinski definition) is 0. The van der Waals surface area contributed by atoms with Crippen molar-refractivity contribution in [3.05, 3.63) is 36.9 Å². The van der Waals surface area contributed by atoms with E-state index in [-0.39, 0.29) is 5.78 Å². The smallest absolute Gasteiger partial charge is 0.170 e. The summed E-state index contributed by atoms with van der Waals surface area (Å²) >= 11 is 14.3. The summed E-state index contributed by atoms with van der Waals surface area (Å²) in [5.74, 6) is -0.0209. The van der Waals surface area contributed by atoms with Gasteiger partial charge < -0.3 is 0 Å². The Kier molecular flexibility index (Phi) is 3.41. The molecule has 0 atom stereocenters. The Hall–Kier alpha value is -0.420. The number of carbonyl (C=O) groups excluding carboxylic acids is 1. The van der Waals surface area contributed by atoms with Crippen LogP contribution in [0.25, 0.3) is 0 Å². The number of aromatic nitrogens is 1. The van der Waals surface area contributed by atoms with Crippen LogP contribution < -0.4 is 0 Å². The van der Waals surface area contributed by atoms with E-state index < -0.39 is 0 Å². The third-order valence-corrected chi connectivity index (χ3v) is 4.04. The highest BCUT2D eigenvalue weighted by atomic mass is 35.5. The summed E-state index contributed by atoms with van der Waals surface area (Å²) in [7, 11) is 0. The summed E-state index contributed by atoms with van der Waals surface area (Å²) in [4.78, 5) is 16.6. The van der Waals surface area contributed by atoms with Crippen LogP contribution in [0.1, 0.15) is 15.2 Å². The fraction of sp³-hybridized carbons (Fsp3) is 0.111. The normalized spacial score (nSPS) is 10.5. The lowest BCUT2D eigenvalue weighted by Crippen LogP contribution is -2.00. The average molecular weight is 278 g/mol. The third kappa shape index (κ3) is 2.58. The molecule has 0 saturated heterocycles. The predicted molar refractivity (Wildman–Crippen MR) is 64.5 cm³/mol. The molecule has 2 aromatic rings. The molecule has 0 radical (unpaired) electrons. The maximum absolute atomic E-state index is 11.8. The molecule has 2 heterocycles. The van der Waals surface area contributed by atoms with Crippen molar-refractivity contribution in [1.29, 1.82) is 0 Å². The summed E-state index contributed by atoms with van der Waals surface area (Å²) in [5.41, 5.74) is 2.20. The summed E-state index contributed by atoms with van der Waals surface area (Å²) in [6.07, 6.45) is 2.02. The van der Waals surface area contributed by atoms with Crippen molar-refractivity contribution in [2.75, 3.05) is 0 Å². The number of ketones is 1. The highest BCUT2D eigenvalue weighted by Gasteiger charge is 2.15. The monoisotopic (exact) mass is 277 g/mol. The highest BCUT2D eigenvalue weighted by Crippen LogP contribution is 2.32. The molecule has 0 unspecified atom stereocenters. The van der Waals surface area contributed by atoms with Crippen LogP contribution in [0.5, 0.6) is 0 Å². The average Bonchev–Trinajstić information content (AvgIpc) is 2.75. The van der Waals surface area contributed by atoms with Crippen molar-refractivity contribution in [1.82, 2.24) is 4.98 Å². The minimum Gasteiger partial charge on any atom is -0.294 e. The van der Waals surface area contributed by atoms with Gasteiger partial charge in [0.25, 0.3) is 0 Å². The van der Waals surface area contributed by atoms with E-state index in [0.29, 0.717) is 20.7 Å². The Bertz CT molecular complexity index is 478. The molecule has 2 rings (SSSR count). The van der Waals surface area contributed by atoms with E-state index in [9.17, 15) is 4.79 Å². The summed E-state index contributed by atoms with van der Waals surface area (Å²) in [6.45, 7) is 0. The maximum Gasteiger partial charge on any atom is 0.170 e. The Morgan fingerprint density at radius 2 is 2.27 bits per heavy atom. The van der Waals surface area contributed by atoms with Crippen LogP contribution in [-0.4, -0.2) is 10.8 Å². The molecule has 0 aromatic carbocycles. The molecule has 0 fully saturated rings. The number of Topliss-reactive ketones (excluding diaryl/α,β-unsaturated/α-hetero) is 1. The molecule has 0 N–H and O–H groups in total. The summed E-state index contributed by atoms with van der Waals surface area (Å²) in [6, 6.07) is 1.61. The molecule has 0 aliphatic carbocycles. The van der Waals surface area contributed by atoms with Gasteiger partial charge in [0.15, 0.2) is 5.78 Å². The predicted octanol–water partition coefficient (Wildman–Crippen LogP) is 3.94. The SMILES string of the molecule is O=C(Cc1cncs1)c1cc(Cl)sc1Cl. The second kappa shape index (κ2) is 4.61. The molecular weight excluding hydrogens is 273 g/mol. The van der Waals surface area contributed by atoms with Crippen molar-refractivity contribution in [2.24, 2.45) is 0 Å². The second-order valence-electron chi connectivity index (χ2n) is 2.81. The van der Waals surface area contributed by atoms with Crippen LogP contribution in [-0.2, 0) is 6.42 Å². The van der Waals surface area contributed by atoms with E-state index in [2.05, 4.69) is 4.98 Å². The topological polar surface area (TPSA) is 30.0 Å². The number of halogens is 2. The van der Waals surface area contributed by atoms with Gasteiger partial charge in [0.05, 0.1) is 9.85 Å². The van der Waals surface area contributed by atoms with E-state index in [1.807, 2.05) is 0 Å². The van der Waals surface area contributed by atoms with Gasteiger partial charge in [-0.2, -0.15) is 0 Å². The Labute approximate surface area is 104 Å². The van der Waals surface area contributed by atoms with Crippen molar-refractivity contribution in [2.45, 2.75) is 6.42 Å². The first-order valence-electron chi connectivity index (χ1n) is 4.02. The standard InChI is InChI=1S/C9H5Cl2NOS2/c10-8-2-6(9(11)15-8)7(13)1-5-3-12-4-14-5/h2-4H,1H2. The molecule has 2 nitrogen and oxygen atoms in total. The Morgan fingerprint density at radius 1 is 1.47 bits per heavy atom. The Morgan fingerprint density at radius 3 is 2.80 bits per heavy atom. The zero-order valence-electron chi connectivity index (χ0n) is 7.37. The van der Waals surface area contributed by atoms with Crippen molar-refractivity contribution >= 4 is 51.7 Å². The minimum atomic E-state index is -0.0209. The van der Waals surface area contributed by atoms with Crippen LogP contribution in [0.2, 0.25) is 8.67 Å². The van der Waals surface area contributed by atoms with E-state index in [1.165, 1.54) is 22.7 Å². The highest BCUT2D eigenvalue weighted by molar-refractivity contribution is 7.20. The van der Waals surface area contributed by atoms with Gasteiger partial charge in [-0.25, -0.2) is 0 Å². The van der Waals surface area contributed by atoms with Crippen LogP contribution in [0.15, 0.2) is 17.8 Å². The third-order valence-electron chi connectivity index (χ3n) is 1.78. The molecule has 0 aliphatic rings. The molecule has 2 aromatic heterocycles. The number of rotatable bonds is 3. The van der Waals surface area contributed by atoms with E-state index in [0.717, 1.165) is 4.88 Å². The lowest BCUT2D eigenvalue weighted by Gasteiger charge is -1.95. The molecule has 0 aliphatic heterocycles. The van der Waals surface area contributed by atoms with Gasteiger partial charge in [0.1, 0.15) is 4.34 Å². The largest absolute Gasteiger partial charge is 0.294 e. The Balaban J connectivity index is 2.18. The van der Waals surface area contributed by atoms with Gasteiger partial charge in [-0.3, -0.25) is 9.78 Å². The number of hydrogen-bond acceptors (Lipinski definition) is 4. The lowest BCUT2D eigenvalue weighted by atomic mass is 10.1. The van der Waals surface area contributed by atoms with Crippen molar-refractivity contribution in [3.8, 4) is 0 Å². The van der Waals surface area contributed by atoms with E-state index in [4.69, 9.17) is 23.2 Å². The van der Waals surface area contributed by atoms with Crippen molar-refractivity contribution < 1.29 is 4.79 Å². The molecule has 0 amide bonds. The van der Waals surface area contributed by atoms with Gasteiger partial charge in [0, 0.05) is 23.1 Å². The lowest BCUT2D eigenvalue weighted by molar-refractivity contribution is 0.0994. The molecule has 0 bridgehead atoms. The zero-order chi connectivity index (χ0) is 10.8. The van der Waals surface area contributed by atoms with Gasteiger partial charge in [-0.05, 0) is 6.07 Å². The fourth-order valence-corrected chi connectivity index (χ4v) is 3.21. The number of carbonyl (C=O) groups is 1. The van der Waals surface area contributed by atoms with E-state index >= 15 is 0 Å². The quantitative estimate of drug-likeness (QED) is 0.796. The molecule has 6 heteroatoms. The first kappa shape index (κ1) is 11.1. The number of thiophene rings is 1. The zero-order valence-corrected chi connectivity index (χ0v) is 10.5. The van der Waals surface area contributed by atoms with Crippen LogP contribution >= 0.6 is 45.9 Å². The molecular formula is C9H5Cl2NOS2. The van der Waals surface area contributed by atoms with Gasteiger partial charge in [-0.15, -0.1) is 22.7 Å². The first-order chi connectivity index (χ1) is 7.16.